The van der Waals surface area contributed by atoms with Crippen LogP contribution in [-0.4, -0.2) is 31.1 Å². The van der Waals surface area contributed by atoms with E-state index in [1.807, 2.05) is 6.07 Å². The molecular weight excluding hydrogens is 395 g/mol. The Kier molecular flexibility index (Phi) is 6.62. The van der Waals surface area contributed by atoms with Crippen molar-refractivity contribution < 1.29 is 13.9 Å². The Morgan fingerprint density at radius 2 is 2.03 bits per heavy atom. The van der Waals surface area contributed by atoms with Crippen molar-refractivity contribution in [2.75, 3.05) is 20.2 Å². The average molecular weight is 420 g/mol. The fraction of sp³-hybridized carbons (Fsp3) is 0.250. The van der Waals surface area contributed by atoms with Crippen molar-refractivity contribution in [3.05, 3.63) is 83.3 Å². The lowest BCUT2D eigenvalue weighted by Gasteiger charge is -2.12. The van der Waals surface area contributed by atoms with E-state index in [4.69, 9.17) is 9.47 Å². The van der Waals surface area contributed by atoms with Crippen molar-refractivity contribution in [2.45, 2.75) is 19.4 Å². The largest absolute Gasteiger partial charge is 0.493 e. The maximum Gasteiger partial charge on any atom is 0.219 e. The van der Waals surface area contributed by atoms with E-state index in [2.05, 4.69) is 38.8 Å². The highest BCUT2D eigenvalue weighted by molar-refractivity contribution is 5.79. The third kappa shape index (κ3) is 5.72. The smallest absolute Gasteiger partial charge is 0.219 e. The molecule has 4 rings (SSSR count). The van der Waals surface area contributed by atoms with Gasteiger partial charge in [0.05, 0.1) is 6.61 Å². The number of guanidine groups is 1. The first-order valence-corrected chi connectivity index (χ1v) is 10.3. The van der Waals surface area contributed by atoms with Crippen molar-refractivity contribution in [1.29, 1.82) is 0 Å². The summed E-state index contributed by atoms with van der Waals surface area (Å²) < 4.78 is 24.4. The summed E-state index contributed by atoms with van der Waals surface area (Å²) in [6, 6.07) is 16.0. The van der Waals surface area contributed by atoms with Crippen molar-refractivity contribution in [2.24, 2.45) is 4.99 Å². The number of aliphatic imine (C=N–C) groups is 1. The summed E-state index contributed by atoms with van der Waals surface area (Å²) in [5, 5.41) is 6.61. The monoisotopic (exact) mass is 420 g/mol. The van der Waals surface area contributed by atoms with Gasteiger partial charge in [0.1, 0.15) is 17.3 Å². The van der Waals surface area contributed by atoms with E-state index >= 15 is 0 Å². The predicted molar refractivity (Wildman–Crippen MR) is 118 cm³/mol. The van der Waals surface area contributed by atoms with E-state index in [9.17, 15) is 4.39 Å². The van der Waals surface area contributed by atoms with Crippen LogP contribution in [0.2, 0.25) is 0 Å². The third-order valence-corrected chi connectivity index (χ3v) is 4.96. The number of fused-ring (bicyclic) bond motifs is 1. The molecule has 0 atom stereocenters. The maximum absolute atomic E-state index is 13.3. The van der Waals surface area contributed by atoms with E-state index in [0.29, 0.717) is 18.2 Å². The summed E-state index contributed by atoms with van der Waals surface area (Å²) in [5.41, 5.74) is 3.55. The van der Waals surface area contributed by atoms with Gasteiger partial charge in [0.2, 0.25) is 5.88 Å². The van der Waals surface area contributed by atoms with Crippen LogP contribution in [0, 0.1) is 5.82 Å². The minimum atomic E-state index is -0.345. The molecule has 31 heavy (non-hydrogen) atoms. The lowest BCUT2D eigenvalue weighted by atomic mass is 10.1. The molecule has 1 aliphatic heterocycles. The van der Waals surface area contributed by atoms with Gasteiger partial charge < -0.3 is 20.1 Å². The van der Waals surface area contributed by atoms with Gasteiger partial charge >= 0.3 is 0 Å². The molecule has 0 spiro atoms. The Bertz CT molecular complexity index is 1050. The summed E-state index contributed by atoms with van der Waals surface area (Å²) in [4.78, 5) is 8.55. The zero-order valence-corrected chi connectivity index (χ0v) is 17.4. The number of benzene rings is 2. The normalized spacial score (nSPS) is 12.8. The fourth-order valence-electron chi connectivity index (χ4n) is 3.35. The van der Waals surface area contributed by atoms with Crippen molar-refractivity contribution >= 4 is 5.96 Å². The SMILES string of the molecule is CN=C(NCCc1ccc2c(c1)CCO2)NCc1ccc(Oc2cccc(F)c2)nc1. The van der Waals surface area contributed by atoms with Gasteiger partial charge in [-0.15, -0.1) is 0 Å². The summed E-state index contributed by atoms with van der Waals surface area (Å²) in [6.07, 6.45) is 3.61. The molecule has 0 saturated carbocycles. The molecule has 0 amide bonds. The molecule has 2 N–H and O–H groups in total. The molecule has 1 aromatic heterocycles. The number of nitrogens with zero attached hydrogens (tertiary/aromatic N) is 2. The number of hydrogen-bond acceptors (Lipinski definition) is 4. The molecule has 0 radical (unpaired) electrons. The number of ether oxygens (including phenoxy) is 2. The second kappa shape index (κ2) is 9.93. The zero-order chi connectivity index (χ0) is 21.5. The highest BCUT2D eigenvalue weighted by Gasteiger charge is 2.11. The van der Waals surface area contributed by atoms with Crippen LogP contribution in [0.5, 0.6) is 17.4 Å². The van der Waals surface area contributed by atoms with Crippen LogP contribution >= 0.6 is 0 Å². The van der Waals surface area contributed by atoms with Gasteiger partial charge in [-0.25, -0.2) is 9.37 Å². The lowest BCUT2D eigenvalue weighted by molar-refractivity contribution is 0.357. The standard InChI is InChI=1S/C24H25FN4O2/c1-26-24(27-11-9-17-5-7-22-19(13-17)10-12-30-22)29-16-18-6-8-23(28-15-18)31-21-4-2-3-20(25)14-21/h2-8,13-15H,9-12,16H2,1H3,(H2,26,27,29). The third-order valence-electron chi connectivity index (χ3n) is 4.96. The van der Waals surface area contributed by atoms with Crippen LogP contribution in [-0.2, 0) is 19.4 Å². The summed E-state index contributed by atoms with van der Waals surface area (Å²) in [5.74, 6) is 2.22. The van der Waals surface area contributed by atoms with Crippen LogP contribution in [0.3, 0.4) is 0 Å². The Morgan fingerprint density at radius 1 is 1.13 bits per heavy atom. The number of pyridine rings is 1. The molecule has 2 heterocycles. The van der Waals surface area contributed by atoms with Crippen LogP contribution in [0.15, 0.2) is 65.8 Å². The highest BCUT2D eigenvalue weighted by Crippen LogP contribution is 2.26. The molecule has 0 saturated heterocycles. The van der Waals surface area contributed by atoms with Gasteiger partial charge in [-0.3, -0.25) is 4.99 Å². The van der Waals surface area contributed by atoms with Crippen molar-refractivity contribution in [1.82, 2.24) is 15.6 Å². The van der Waals surface area contributed by atoms with Gasteiger partial charge in [-0.2, -0.15) is 0 Å². The second-order valence-electron chi connectivity index (χ2n) is 7.21. The van der Waals surface area contributed by atoms with Gasteiger partial charge in [0.25, 0.3) is 0 Å². The molecule has 6 nitrogen and oxygen atoms in total. The van der Waals surface area contributed by atoms with E-state index in [1.165, 1.54) is 23.3 Å². The zero-order valence-electron chi connectivity index (χ0n) is 17.4. The van der Waals surface area contributed by atoms with E-state index in [-0.39, 0.29) is 5.82 Å². The second-order valence-corrected chi connectivity index (χ2v) is 7.21. The van der Waals surface area contributed by atoms with E-state index in [1.54, 1.807) is 31.4 Å². The van der Waals surface area contributed by atoms with Crippen LogP contribution in [0.25, 0.3) is 0 Å². The predicted octanol–water partition coefficient (Wildman–Crippen LogP) is 3.86. The Hall–Kier alpha value is -3.61. The molecule has 0 fully saturated rings. The number of nitrogens with one attached hydrogen (secondary N) is 2. The first-order valence-electron chi connectivity index (χ1n) is 10.3. The van der Waals surface area contributed by atoms with Gasteiger partial charge in [-0.1, -0.05) is 24.3 Å². The van der Waals surface area contributed by atoms with Crippen molar-refractivity contribution in [3.8, 4) is 17.4 Å². The van der Waals surface area contributed by atoms with Crippen molar-refractivity contribution in [3.63, 3.8) is 0 Å². The van der Waals surface area contributed by atoms with E-state index in [0.717, 1.165) is 43.3 Å². The molecule has 7 heteroatoms. The summed E-state index contributed by atoms with van der Waals surface area (Å²) in [7, 11) is 1.75. The molecule has 3 aromatic rings. The summed E-state index contributed by atoms with van der Waals surface area (Å²) in [6.45, 7) is 2.13. The number of rotatable bonds is 7. The number of halogens is 1. The first-order chi connectivity index (χ1) is 15.2. The first kappa shape index (κ1) is 20.7. The minimum Gasteiger partial charge on any atom is -0.493 e. The molecular formula is C24H25FN4O2. The number of aromatic nitrogens is 1. The highest BCUT2D eigenvalue weighted by atomic mass is 19.1. The quantitative estimate of drug-likeness (QED) is 0.449. The minimum absolute atomic E-state index is 0.345. The average Bonchev–Trinajstić information content (AvgIpc) is 3.25. The van der Waals surface area contributed by atoms with Crippen LogP contribution in [0.1, 0.15) is 16.7 Å². The van der Waals surface area contributed by atoms with Gasteiger partial charge in [0, 0.05) is 44.9 Å². The van der Waals surface area contributed by atoms with Gasteiger partial charge in [-0.05, 0) is 41.3 Å². The fourth-order valence-corrected chi connectivity index (χ4v) is 3.35. The summed E-state index contributed by atoms with van der Waals surface area (Å²) >= 11 is 0. The maximum atomic E-state index is 13.3. The Morgan fingerprint density at radius 3 is 2.84 bits per heavy atom. The van der Waals surface area contributed by atoms with Crippen LogP contribution < -0.4 is 20.1 Å². The molecule has 160 valence electrons. The van der Waals surface area contributed by atoms with Crippen LogP contribution in [0.4, 0.5) is 4.39 Å². The molecule has 0 bridgehead atoms. The molecule has 2 aromatic carbocycles. The molecule has 1 aliphatic rings. The molecule has 0 unspecified atom stereocenters. The Labute approximate surface area is 181 Å². The number of hydrogen-bond donors (Lipinski definition) is 2. The Balaban J connectivity index is 1.23. The molecule has 0 aliphatic carbocycles. The van der Waals surface area contributed by atoms with E-state index < -0.39 is 0 Å². The topological polar surface area (TPSA) is 67.8 Å². The lowest BCUT2D eigenvalue weighted by Crippen LogP contribution is -2.37. The van der Waals surface area contributed by atoms with Gasteiger partial charge in [0.15, 0.2) is 5.96 Å².